The molecule has 1 aromatic heterocycles. The summed E-state index contributed by atoms with van der Waals surface area (Å²) in [7, 11) is -3.93. The van der Waals surface area contributed by atoms with Crippen LogP contribution in [0.5, 0.6) is 0 Å². The molecule has 1 fully saturated rings. The molecule has 1 aliphatic heterocycles. The standard InChI is InChI=1S/C30H33N3O4S2/c34-30(32(23-28-11-6-20-38-28)22-25-7-2-1-3-8-25)24-33(15-14-31-16-18-37-19-17-31)39(35,36)29-13-12-26-9-4-5-10-27(26)21-29/h1-13,20-21H,14-19,22-24H2. The minimum atomic E-state index is -3.93. The molecule has 0 atom stereocenters. The van der Waals surface area contributed by atoms with Crippen LogP contribution >= 0.6 is 11.3 Å². The predicted octanol–water partition coefficient (Wildman–Crippen LogP) is 4.45. The number of fused-ring (bicyclic) bond motifs is 1. The molecule has 0 spiro atoms. The van der Waals surface area contributed by atoms with Crippen LogP contribution in [0.4, 0.5) is 0 Å². The Morgan fingerprint density at radius 1 is 0.872 bits per heavy atom. The summed E-state index contributed by atoms with van der Waals surface area (Å²) < 4.78 is 34.8. The van der Waals surface area contributed by atoms with Gasteiger partial charge in [0.1, 0.15) is 0 Å². The highest BCUT2D eigenvalue weighted by Crippen LogP contribution is 2.23. The lowest BCUT2D eigenvalue weighted by molar-refractivity contribution is -0.132. The van der Waals surface area contributed by atoms with E-state index in [1.54, 1.807) is 28.4 Å². The Labute approximate surface area is 234 Å². The molecule has 0 radical (unpaired) electrons. The van der Waals surface area contributed by atoms with E-state index >= 15 is 0 Å². The summed E-state index contributed by atoms with van der Waals surface area (Å²) in [5, 5.41) is 3.80. The van der Waals surface area contributed by atoms with E-state index in [4.69, 9.17) is 4.74 Å². The van der Waals surface area contributed by atoms with Gasteiger partial charge in [0.15, 0.2) is 0 Å². The van der Waals surface area contributed by atoms with Crippen LogP contribution in [0.15, 0.2) is 95.2 Å². The van der Waals surface area contributed by atoms with Crippen molar-refractivity contribution >= 4 is 38.0 Å². The van der Waals surface area contributed by atoms with Gasteiger partial charge in [-0.15, -0.1) is 11.3 Å². The summed E-state index contributed by atoms with van der Waals surface area (Å²) >= 11 is 1.59. The van der Waals surface area contributed by atoms with Gasteiger partial charge in [0.2, 0.25) is 15.9 Å². The summed E-state index contributed by atoms with van der Waals surface area (Å²) in [5.74, 6) is -0.224. The first-order valence-corrected chi connectivity index (χ1v) is 15.4. The van der Waals surface area contributed by atoms with E-state index in [2.05, 4.69) is 4.90 Å². The Morgan fingerprint density at radius 3 is 2.36 bits per heavy atom. The third kappa shape index (κ3) is 7.12. The first-order valence-electron chi connectivity index (χ1n) is 13.1. The first kappa shape index (κ1) is 27.5. The van der Waals surface area contributed by atoms with Crippen molar-refractivity contribution in [1.82, 2.24) is 14.1 Å². The van der Waals surface area contributed by atoms with Crippen molar-refractivity contribution in [3.63, 3.8) is 0 Å². The van der Waals surface area contributed by atoms with E-state index in [9.17, 15) is 13.2 Å². The zero-order valence-electron chi connectivity index (χ0n) is 21.8. The molecule has 9 heteroatoms. The molecule has 0 unspecified atom stereocenters. The van der Waals surface area contributed by atoms with Gasteiger partial charge >= 0.3 is 0 Å². The Bertz CT molecular complexity index is 1470. The fourth-order valence-corrected chi connectivity index (χ4v) is 6.85. The summed E-state index contributed by atoms with van der Waals surface area (Å²) in [4.78, 5) is 19.0. The molecule has 39 heavy (non-hydrogen) atoms. The van der Waals surface area contributed by atoms with E-state index in [0.717, 1.165) is 34.3 Å². The maximum atomic E-state index is 14.0. The maximum Gasteiger partial charge on any atom is 0.243 e. The van der Waals surface area contributed by atoms with Crippen LogP contribution in [-0.4, -0.2) is 74.4 Å². The average Bonchev–Trinajstić information content (AvgIpc) is 3.49. The summed E-state index contributed by atoms with van der Waals surface area (Å²) in [6.07, 6.45) is 0. The van der Waals surface area contributed by atoms with Gasteiger partial charge in [0.05, 0.1) is 31.2 Å². The number of rotatable bonds is 11. The third-order valence-electron chi connectivity index (χ3n) is 6.94. The number of benzene rings is 3. The van der Waals surface area contributed by atoms with Crippen LogP contribution in [0.2, 0.25) is 0 Å². The van der Waals surface area contributed by atoms with Gasteiger partial charge in [-0.2, -0.15) is 4.31 Å². The second-order valence-electron chi connectivity index (χ2n) is 9.62. The predicted molar refractivity (Wildman–Crippen MR) is 155 cm³/mol. The molecule has 0 aliphatic carbocycles. The summed E-state index contributed by atoms with van der Waals surface area (Å²) in [5.41, 5.74) is 1.000. The number of hydrogen-bond donors (Lipinski definition) is 0. The lowest BCUT2D eigenvalue weighted by Crippen LogP contribution is -2.46. The Kier molecular flexibility index (Phi) is 9.06. The van der Waals surface area contributed by atoms with Crippen molar-refractivity contribution in [2.45, 2.75) is 18.0 Å². The lowest BCUT2D eigenvalue weighted by atomic mass is 10.1. The van der Waals surface area contributed by atoms with Crippen LogP contribution in [-0.2, 0) is 32.6 Å². The van der Waals surface area contributed by atoms with Crippen molar-refractivity contribution in [3.8, 4) is 0 Å². The van der Waals surface area contributed by atoms with Crippen LogP contribution in [0.3, 0.4) is 0 Å². The fraction of sp³-hybridized carbons (Fsp3) is 0.300. The second-order valence-corrected chi connectivity index (χ2v) is 12.6. The van der Waals surface area contributed by atoms with E-state index in [-0.39, 0.29) is 23.9 Å². The van der Waals surface area contributed by atoms with Crippen LogP contribution < -0.4 is 0 Å². The second kappa shape index (κ2) is 12.8. The van der Waals surface area contributed by atoms with Crippen molar-refractivity contribution in [2.24, 2.45) is 0 Å². The molecule has 0 saturated carbocycles. The number of sulfonamides is 1. The number of carbonyl (C=O) groups excluding carboxylic acids is 1. The first-order chi connectivity index (χ1) is 19.0. The molecular formula is C30H33N3O4S2. The molecule has 1 amide bonds. The number of amides is 1. The quantitative estimate of drug-likeness (QED) is 0.270. The molecule has 3 aromatic carbocycles. The maximum absolute atomic E-state index is 14.0. The number of carbonyl (C=O) groups is 1. The molecule has 2 heterocycles. The highest BCUT2D eigenvalue weighted by atomic mass is 32.2. The Balaban J connectivity index is 1.41. The largest absolute Gasteiger partial charge is 0.379 e. The van der Waals surface area contributed by atoms with Crippen molar-refractivity contribution < 1.29 is 17.9 Å². The minimum Gasteiger partial charge on any atom is -0.379 e. The van der Waals surface area contributed by atoms with Gasteiger partial charge in [-0.1, -0.05) is 66.7 Å². The van der Waals surface area contributed by atoms with E-state index in [0.29, 0.717) is 32.8 Å². The molecule has 1 aliphatic rings. The van der Waals surface area contributed by atoms with Crippen molar-refractivity contribution in [2.75, 3.05) is 45.9 Å². The van der Waals surface area contributed by atoms with Gasteiger partial charge in [0, 0.05) is 37.6 Å². The van der Waals surface area contributed by atoms with Gasteiger partial charge in [-0.05, 0) is 39.9 Å². The Hall–Kier alpha value is -3.08. The molecule has 204 valence electrons. The van der Waals surface area contributed by atoms with Gasteiger partial charge in [-0.3, -0.25) is 9.69 Å². The SMILES string of the molecule is O=C(CN(CCN1CCOCC1)S(=O)(=O)c1ccc2ccccc2c1)N(Cc1ccccc1)Cc1cccs1. The van der Waals surface area contributed by atoms with Gasteiger partial charge in [-0.25, -0.2) is 8.42 Å². The van der Waals surface area contributed by atoms with E-state index < -0.39 is 10.0 Å². The van der Waals surface area contributed by atoms with Crippen LogP contribution in [0.1, 0.15) is 10.4 Å². The molecule has 0 bridgehead atoms. The summed E-state index contributed by atoms with van der Waals surface area (Å²) in [6, 6.07) is 26.6. The van der Waals surface area contributed by atoms with E-state index in [1.165, 1.54) is 4.31 Å². The number of hydrogen-bond acceptors (Lipinski definition) is 6. The van der Waals surface area contributed by atoms with Crippen molar-refractivity contribution in [1.29, 1.82) is 0 Å². The average molecular weight is 564 g/mol. The van der Waals surface area contributed by atoms with Gasteiger partial charge < -0.3 is 9.64 Å². The van der Waals surface area contributed by atoms with E-state index in [1.807, 2.05) is 78.2 Å². The van der Waals surface area contributed by atoms with Crippen molar-refractivity contribution in [3.05, 3.63) is 101 Å². The molecule has 1 saturated heterocycles. The fourth-order valence-electron chi connectivity index (χ4n) is 4.72. The number of ether oxygens (including phenoxy) is 1. The minimum absolute atomic E-state index is 0.198. The monoisotopic (exact) mass is 563 g/mol. The van der Waals surface area contributed by atoms with Crippen LogP contribution in [0, 0.1) is 0 Å². The zero-order valence-corrected chi connectivity index (χ0v) is 23.4. The van der Waals surface area contributed by atoms with Gasteiger partial charge in [0.25, 0.3) is 0 Å². The third-order valence-corrected chi connectivity index (χ3v) is 9.64. The number of morpholine rings is 1. The highest BCUT2D eigenvalue weighted by molar-refractivity contribution is 7.89. The summed E-state index contributed by atoms with van der Waals surface area (Å²) in [6.45, 7) is 4.12. The smallest absolute Gasteiger partial charge is 0.243 e. The normalized spacial score (nSPS) is 14.6. The number of thiophene rings is 1. The Morgan fingerprint density at radius 2 is 1.62 bits per heavy atom. The highest BCUT2D eigenvalue weighted by Gasteiger charge is 2.29. The van der Waals surface area contributed by atoms with Crippen LogP contribution in [0.25, 0.3) is 10.8 Å². The molecule has 0 N–H and O–H groups in total. The molecule has 5 rings (SSSR count). The lowest BCUT2D eigenvalue weighted by Gasteiger charge is -2.31. The zero-order chi connectivity index (χ0) is 27.1. The molecule has 7 nitrogen and oxygen atoms in total. The molecule has 4 aromatic rings. The topological polar surface area (TPSA) is 70.2 Å². The molecular weight excluding hydrogens is 530 g/mol. The number of nitrogens with zero attached hydrogens (tertiary/aromatic N) is 3.